The normalized spacial score (nSPS) is 10.7. The molecule has 4 heteroatoms. The SMILES string of the molecule is COc1cc(Br)cc2sc(F)cc12. The number of ether oxygens (including phenoxy) is 1. The Labute approximate surface area is 87.3 Å². The molecule has 1 aromatic heterocycles. The Hall–Kier alpha value is -0.610. The van der Waals surface area contributed by atoms with Crippen LogP contribution in [0.3, 0.4) is 0 Å². The number of hydrogen-bond donors (Lipinski definition) is 0. The standard InChI is InChI=1S/C9H6BrFOS/c1-12-7-2-5(10)3-8-6(7)4-9(11)13-8/h2-4H,1H3. The van der Waals surface area contributed by atoms with Crippen molar-refractivity contribution in [1.29, 1.82) is 0 Å². The van der Waals surface area contributed by atoms with Gasteiger partial charge in [0.25, 0.3) is 0 Å². The molecule has 0 aliphatic carbocycles. The highest BCUT2D eigenvalue weighted by Crippen LogP contribution is 2.34. The summed E-state index contributed by atoms with van der Waals surface area (Å²) in [5, 5.41) is 0.639. The quantitative estimate of drug-likeness (QED) is 0.758. The van der Waals surface area contributed by atoms with Crippen LogP contribution in [0.5, 0.6) is 5.75 Å². The Morgan fingerprint density at radius 3 is 2.85 bits per heavy atom. The van der Waals surface area contributed by atoms with E-state index in [1.807, 2.05) is 12.1 Å². The van der Waals surface area contributed by atoms with Crippen LogP contribution in [0.25, 0.3) is 10.1 Å². The molecule has 0 unspecified atom stereocenters. The van der Waals surface area contributed by atoms with E-state index >= 15 is 0 Å². The van der Waals surface area contributed by atoms with Crippen LogP contribution in [-0.2, 0) is 0 Å². The molecule has 0 N–H and O–H groups in total. The minimum absolute atomic E-state index is 0.189. The number of rotatable bonds is 1. The molecule has 2 rings (SSSR count). The second-order valence-corrected chi connectivity index (χ2v) is 4.52. The third-order valence-electron chi connectivity index (χ3n) is 1.75. The van der Waals surface area contributed by atoms with Crippen molar-refractivity contribution < 1.29 is 9.13 Å². The molecule has 13 heavy (non-hydrogen) atoms. The average Bonchev–Trinajstić information content (AvgIpc) is 2.43. The lowest BCUT2D eigenvalue weighted by Gasteiger charge is -2.01. The van der Waals surface area contributed by atoms with Crippen molar-refractivity contribution >= 4 is 37.4 Å². The summed E-state index contributed by atoms with van der Waals surface area (Å²) in [6, 6.07) is 5.20. The number of methoxy groups -OCH3 is 1. The van der Waals surface area contributed by atoms with Gasteiger partial charge in [0.15, 0.2) is 5.13 Å². The smallest absolute Gasteiger partial charge is 0.177 e. The summed E-state index contributed by atoms with van der Waals surface area (Å²) in [5.74, 6) is 0.699. The van der Waals surface area contributed by atoms with E-state index in [0.717, 1.165) is 25.9 Å². The summed E-state index contributed by atoms with van der Waals surface area (Å²) in [7, 11) is 1.58. The van der Waals surface area contributed by atoms with Gasteiger partial charge in [-0.1, -0.05) is 15.9 Å². The molecule has 0 aliphatic heterocycles. The zero-order valence-corrected chi connectivity index (χ0v) is 9.21. The Kier molecular flexibility index (Phi) is 2.26. The first-order chi connectivity index (χ1) is 6.20. The fourth-order valence-electron chi connectivity index (χ4n) is 1.21. The predicted molar refractivity (Wildman–Crippen MR) is 56.0 cm³/mol. The highest BCUT2D eigenvalue weighted by Gasteiger charge is 2.07. The molecular weight excluding hydrogens is 255 g/mol. The predicted octanol–water partition coefficient (Wildman–Crippen LogP) is 3.81. The first kappa shape index (κ1) is 8.97. The van der Waals surface area contributed by atoms with Gasteiger partial charge >= 0.3 is 0 Å². The van der Waals surface area contributed by atoms with Crippen LogP contribution in [0, 0.1) is 5.13 Å². The minimum atomic E-state index is -0.189. The highest BCUT2D eigenvalue weighted by molar-refractivity contribution is 9.10. The Morgan fingerprint density at radius 1 is 1.38 bits per heavy atom. The van der Waals surface area contributed by atoms with E-state index in [-0.39, 0.29) is 5.13 Å². The Balaban J connectivity index is 2.80. The number of thiophene rings is 1. The van der Waals surface area contributed by atoms with Crippen molar-refractivity contribution in [3.05, 3.63) is 27.8 Å². The molecule has 1 aromatic carbocycles. The fraction of sp³-hybridized carbons (Fsp3) is 0.111. The van der Waals surface area contributed by atoms with Crippen molar-refractivity contribution in [3.63, 3.8) is 0 Å². The van der Waals surface area contributed by atoms with Gasteiger partial charge in [0.2, 0.25) is 0 Å². The van der Waals surface area contributed by atoms with Crippen LogP contribution in [0.15, 0.2) is 22.7 Å². The summed E-state index contributed by atoms with van der Waals surface area (Å²) in [6.07, 6.45) is 0. The second kappa shape index (κ2) is 3.27. The zero-order valence-electron chi connectivity index (χ0n) is 6.80. The topological polar surface area (TPSA) is 9.23 Å². The maximum atomic E-state index is 12.9. The first-order valence-corrected chi connectivity index (χ1v) is 5.24. The van der Waals surface area contributed by atoms with Gasteiger partial charge in [0.05, 0.1) is 7.11 Å². The first-order valence-electron chi connectivity index (χ1n) is 3.63. The Morgan fingerprint density at radius 2 is 2.15 bits per heavy atom. The van der Waals surface area contributed by atoms with Crippen LogP contribution >= 0.6 is 27.3 Å². The lowest BCUT2D eigenvalue weighted by Crippen LogP contribution is -1.82. The molecule has 0 fully saturated rings. The van der Waals surface area contributed by atoms with Gasteiger partial charge in [0.1, 0.15) is 5.75 Å². The summed E-state index contributed by atoms with van der Waals surface area (Å²) in [6.45, 7) is 0. The molecular formula is C9H6BrFOS. The summed E-state index contributed by atoms with van der Waals surface area (Å²) >= 11 is 4.46. The minimum Gasteiger partial charge on any atom is -0.496 e. The second-order valence-electron chi connectivity index (χ2n) is 2.57. The molecule has 0 saturated heterocycles. The van der Waals surface area contributed by atoms with Gasteiger partial charge < -0.3 is 4.74 Å². The van der Waals surface area contributed by atoms with Crippen molar-refractivity contribution in [2.24, 2.45) is 0 Å². The number of fused-ring (bicyclic) bond motifs is 1. The van der Waals surface area contributed by atoms with Gasteiger partial charge in [-0.05, 0) is 18.2 Å². The van der Waals surface area contributed by atoms with Crippen LogP contribution in [-0.4, -0.2) is 7.11 Å². The highest BCUT2D eigenvalue weighted by atomic mass is 79.9. The number of benzene rings is 1. The monoisotopic (exact) mass is 260 g/mol. The Bertz CT molecular complexity index is 452. The van der Waals surface area contributed by atoms with Crippen LogP contribution in [0.1, 0.15) is 0 Å². The van der Waals surface area contributed by atoms with E-state index < -0.39 is 0 Å². The maximum Gasteiger partial charge on any atom is 0.177 e. The largest absolute Gasteiger partial charge is 0.496 e. The zero-order chi connectivity index (χ0) is 9.42. The van der Waals surface area contributed by atoms with E-state index in [1.54, 1.807) is 7.11 Å². The lowest BCUT2D eigenvalue weighted by molar-refractivity contribution is 0.419. The summed E-state index contributed by atoms with van der Waals surface area (Å²) < 4.78 is 19.8. The van der Waals surface area contributed by atoms with Crippen molar-refractivity contribution in [2.75, 3.05) is 7.11 Å². The fourth-order valence-corrected chi connectivity index (χ4v) is 2.64. The third kappa shape index (κ3) is 1.56. The van der Waals surface area contributed by atoms with Crippen LogP contribution in [0.2, 0.25) is 0 Å². The molecule has 0 radical (unpaired) electrons. The molecule has 2 aromatic rings. The van der Waals surface area contributed by atoms with E-state index in [1.165, 1.54) is 6.07 Å². The van der Waals surface area contributed by atoms with Crippen LogP contribution < -0.4 is 4.74 Å². The van der Waals surface area contributed by atoms with Gasteiger partial charge in [-0.2, -0.15) is 4.39 Å². The van der Waals surface area contributed by atoms with Crippen molar-refractivity contribution in [1.82, 2.24) is 0 Å². The lowest BCUT2D eigenvalue weighted by atomic mass is 10.2. The average molecular weight is 261 g/mol. The summed E-state index contributed by atoms with van der Waals surface area (Å²) in [4.78, 5) is 0. The molecule has 0 amide bonds. The van der Waals surface area contributed by atoms with E-state index in [9.17, 15) is 4.39 Å². The van der Waals surface area contributed by atoms with Gasteiger partial charge in [0, 0.05) is 14.6 Å². The van der Waals surface area contributed by atoms with Gasteiger partial charge in [-0.15, -0.1) is 11.3 Å². The van der Waals surface area contributed by atoms with E-state index in [0.29, 0.717) is 5.75 Å². The summed E-state index contributed by atoms with van der Waals surface area (Å²) in [5.41, 5.74) is 0. The molecule has 0 atom stereocenters. The van der Waals surface area contributed by atoms with Crippen molar-refractivity contribution in [2.45, 2.75) is 0 Å². The molecule has 0 bridgehead atoms. The van der Waals surface area contributed by atoms with Gasteiger partial charge in [-0.25, -0.2) is 0 Å². The molecule has 68 valence electrons. The van der Waals surface area contributed by atoms with Gasteiger partial charge in [-0.3, -0.25) is 0 Å². The number of hydrogen-bond acceptors (Lipinski definition) is 2. The molecule has 1 heterocycles. The molecule has 0 aliphatic rings. The number of halogens is 2. The molecule has 0 spiro atoms. The molecule has 0 saturated carbocycles. The van der Waals surface area contributed by atoms with E-state index in [4.69, 9.17) is 4.74 Å². The third-order valence-corrected chi connectivity index (χ3v) is 3.08. The van der Waals surface area contributed by atoms with Crippen LogP contribution in [0.4, 0.5) is 4.39 Å². The van der Waals surface area contributed by atoms with E-state index in [2.05, 4.69) is 15.9 Å². The maximum absolute atomic E-state index is 12.9. The van der Waals surface area contributed by atoms with Crippen molar-refractivity contribution in [3.8, 4) is 5.75 Å². The molecule has 1 nitrogen and oxygen atoms in total.